The first kappa shape index (κ1) is 11.7. The number of aliphatic hydroxyl groups excluding tert-OH is 1. The molecule has 1 N–H and O–H groups in total. The molecule has 1 unspecified atom stereocenters. The van der Waals surface area contributed by atoms with E-state index in [0.29, 0.717) is 19.5 Å². The third kappa shape index (κ3) is 2.27. The summed E-state index contributed by atoms with van der Waals surface area (Å²) in [6.45, 7) is 1.20. The second kappa shape index (κ2) is 4.73. The first-order chi connectivity index (χ1) is 8.72. The van der Waals surface area contributed by atoms with Gasteiger partial charge in [0, 0.05) is 13.1 Å². The molecule has 3 rings (SSSR count). The van der Waals surface area contributed by atoms with Crippen molar-refractivity contribution in [2.75, 3.05) is 13.1 Å². The summed E-state index contributed by atoms with van der Waals surface area (Å²) in [4.78, 5) is 13.9. The number of benzene rings is 1. The van der Waals surface area contributed by atoms with Crippen molar-refractivity contribution in [2.45, 2.75) is 38.2 Å². The van der Waals surface area contributed by atoms with Gasteiger partial charge in [0.25, 0.3) is 0 Å². The molecule has 1 aromatic rings. The second-order valence-electron chi connectivity index (χ2n) is 5.42. The molecule has 1 heterocycles. The largest absolute Gasteiger partial charge is 0.391 e. The summed E-state index contributed by atoms with van der Waals surface area (Å²) in [7, 11) is 0. The lowest BCUT2D eigenvalue weighted by Gasteiger charge is -2.15. The number of β-amino-alcohol motifs (C(OH)–C–C–N with tert-alkyl or cyclic N) is 1. The third-order valence-electron chi connectivity index (χ3n) is 4.03. The number of hydrogen-bond acceptors (Lipinski definition) is 2. The molecule has 1 aromatic carbocycles. The zero-order chi connectivity index (χ0) is 12.5. The fourth-order valence-electron chi connectivity index (χ4n) is 2.99. The maximum atomic E-state index is 12.1. The van der Waals surface area contributed by atoms with Crippen LogP contribution in [0.2, 0.25) is 0 Å². The summed E-state index contributed by atoms with van der Waals surface area (Å²) < 4.78 is 0. The number of carbonyl (C=O) groups excluding carboxylic acids is 1. The molecule has 18 heavy (non-hydrogen) atoms. The minimum absolute atomic E-state index is 0.143. The number of aliphatic hydroxyl groups is 1. The van der Waals surface area contributed by atoms with E-state index in [1.54, 1.807) is 4.90 Å². The summed E-state index contributed by atoms with van der Waals surface area (Å²) in [5.74, 6) is 0.143. The Kier molecular flexibility index (Phi) is 3.08. The Morgan fingerprint density at radius 1 is 1.33 bits per heavy atom. The molecule has 1 saturated heterocycles. The van der Waals surface area contributed by atoms with Crippen molar-refractivity contribution in [1.29, 1.82) is 0 Å². The monoisotopic (exact) mass is 245 g/mol. The highest BCUT2D eigenvalue weighted by Crippen LogP contribution is 2.23. The molecular formula is C15H19NO2. The SMILES string of the molecule is O=C(Cc1ccc2c(c1)CCC2)N1CCC(O)C1. The summed E-state index contributed by atoms with van der Waals surface area (Å²) >= 11 is 0. The van der Waals surface area contributed by atoms with Crippen LogP contribution in [0.15, 0.2) is 18.2 Å². The van der Waals surface area contributed by atoms with Gasteiger partial charge in [-0.15, -0.1) is 0 Å². The van der Waals surface area contributed by atoms with Gasteiger partial charge in [-0.3, -0.25) is 4.79 Å². The first-order valence-electron chi connectivity index (χ1n) is 6.79. The van der Waals surface area contributed by atoms with E-state index in [9.17, 15) is 9.90 Å². The number of rotatable bonds is 2. The van der Waals surface area contributed by atoms with Crippen LogP contribution >= 0.6 is 0 Å². The first-order valence-corrected chi connectivity index (χ1v) is 6.79. The highest BCUT2D eigenvalue weighted by atomic mass is 16.3. The molecule has 1 fully saturated rings. The summed E-state index contributed by atoms with van der Waals surface area (Å²) in [6.07, 6.45) is 4.44. The Balaban J connectivity index is 1.67. The maximum absolute atomic E-state index is 12.1. The van der Waals surface area contributed by atoms with Crippen LogP contribution in [0.1, 0.15) is 29.5 Å². The Labute approximate surface area is 107 Å². The Morgan fingerprint density at radius 3 is 2.94 bits per heavy atom. The highest BCUT2D eigenvalue weighted by Gasteiger charge is 2.24. The van der Waals surface area contributed by atoms with Crippen LogP contribution in [0.5, 0.6) is 0 Å². The van der Waals surface area contributed by atoms with Crippen LogP contribution in [-0.2, 0) is 24.1 Å². The molecule has 0 aromatic heterocycles. The fraction of sp³-hybridized carbons (Fsp3) is 0.533. The molecule has 2 aliphatic rings. The molecule has 0 saturated carbocycles. The van der Waals surface area contributed by atoms with Crippen LogP contribution in [0, 0.1) is 0 Å². The van der Waals surface area contributed by atoms with Gasteiger partial charge in [-0.05, 0) is 42.4 Å². The third-order valence-corrected chi connectivity index (χ3v) is 4.03. The lowest BCUT2D eigenvalue weighted by Crippen LogP contribution is -2.30. The van der Waals surface area contributed by atoms with E-state index in [1.807, 2.05) is 0 Å². The molecule has 0 spiro atoms. The summed E-state index contributed by atoms with van der Waals surface area (Å²) in [5.41, 5.74) is 3.98. The quantitative estimate of drug-likeness (QED) is 0.853. The predicted molar refractivity (Wildman–Crippen MR) is 69.4 cm³/mol. The molecule has 0 bridgehead atoms. The van der Waals surface area contributed by atoms with E-state index in [2.05, 4.69) is 18.2 Å². The van der Waals surface area contributed by atoms with Crippen molar-refractivity contribution in [3.63, 3.8) is 0 Å². The predicted octanol–water partition coefficient (Wildman–Crippen LogP) is 1.31. The Bertz CT molecular complexity index is 470. The molecule has 1 aliphatic heterocycles. The van der Waals surface area contributed by atoms with Crippen molar-refractivity contribution in [3.05, 3.63) is 34.9 Å². The average molecular weight is 245 g/mol. The van der Waals surface area contributed by atoms with E-state index < -0.39 is 0 Å². The van der Waals surface area contributed by atoms with Gasteiger partial charge in [0.1, 0.15) is 0 Å². The Morgan fingerprint density at radius 2 is 2.17 bits per heavy atom. The number of amides is 1. The fourth-order valence-corrected chi connectivity index (χ4v) is 2.99. The molecule has 0 radical (unpaired) electrons. The van der Waals surface area contributed by atoms with Gasteiger partial charge in [0.2, 0.25) is 5.91 Å². The summed E-state index contributed by atoms with van der Waals surface area (Å²) in [5, 5.41) is 9.45. The number of aryl methyl sites for hydroxylation is 2. The lowest BCUT2D eigenvalue weighted by atomic mass is 10.0. The molecule has 1 aliphatic carbocycles. The molecule has 1 atom stereocenters. The van der Waals surface area contributed by atoms with Crippen LogP contribution < -0.4 is 0 Å². The molecule has 1 amide bonds. The highest BCUT2D eigenvalue weighted by molar-refractivity contribution is 5.79. The number of fused-ring (bicyclic) bond motifs is 1. The lowest BCUT2D eigenvalue weighted by molar-refractivity contribution is -0.129. The number of nitrogens with zero attached hydrogens (tertiary/aromatic N) is 1. The van der Waals surface area contributed by atoms with Crippen molar-refractivity contribution in [1.82, 2.24) is 4.90 Å². The van der Waals surface area contributed by atoms with E-state index >= 15 is 0 Å². The van der Waals surface area contributed by atoms with Crippen molar-refractivity contribution in [2.24, 2.45) is 0 Å². The maximum Gasteiger partial charge on any atom is 0.227 e. The van der Waals surface area contributed by atoms with E-state index in [1.165, 1.54) is 24.0 Å². The second-order valence-corrected chi connectivity index (χ2v) is 5.42. The smallest absolute Gasteiger partial charge is 0.227 e. The van der Waals surface area contributed by atoms with E-state index in [-0.39, 0.29) is 12.0 Å². The van der Waals surface area contributed by atoms with Gasteiger partial charge in [0.05, 0.1) is 12.5 Å². The van der Waals surface area contributed by atoms with Gasteiger partial charge in [-0.2, -0.15) is 0 Å². The van der Waals surface area contributed by atoms with Gasteiger partial charge in [0.15, 0.2) is 0 Å². The van der Waals surface area contributed by atoms with E-state index in [4.69, 9.17) is 0 Å². The number of likely N-dealkylation sites (tertiary alicyclic amines) is 1. The Hall–Kier alpha value is -1.35. The van der Waals surface area contributed by atoms with Crippen LogP contribution in [0.3, 0.4) is 0 Å². The number of hydrogen-bond donors (Lipinski definition) is 1. The van der Waals surface area contributed by atoms with Gasteiger partial charge >= 0.3 is 0 Å². The van der Waals surface area contributed by atoms with Gasteiger partial charge in [-0.1, -0.05) is 18.2 Å². The minimum Gasteiger partial charge on any atom is -0.391 e. The van der Waals surface area contributed by atoms with Crippen LogP contribution in [0.25, 0.3) is 0 Å². The van der Waals surface area contributed by atoms with E-state index in [0.717, 1.165) is 18.4 Å². The molecule has 3 nitrogen and oxygen atoms in total. The minimum atomic E-state index is -0.325. The molecular weight excluding hydrogens is 226 g/mol. The van der Waals surface area contributed by atoms with Crippen LogP contribution in [0.4, 0.5) is 0 Å². The van der Waals surface area contributed by atoms with Crippen molar-refractivity contribution < 1.29 is 9.90 Å². The summed E-state index contributed by atoms with van der Waals surface area (Å²) in [6, 6.07) is 6.44. The normalized spacial score (nSPS) is 22.3. The standard InChI is InChI=1S/C15H19NO2/c17-14-6-7-16(10-14)15(18)9-11-4-5-12-2-1-3-13(12)8-11/h4-5,8,14,17H,1-3,6-7,9-10H2. The number of carbonyl (C=O) groups is 1. The van der Waals surface area contributed by atoms with Crippen molar-refractivity contribution >= 4 is 5.91 Å². The zero-order valence-electron chi connectivity index (χ0n) is 10.6. The van der Waals surface area contributed by atoms with Crippen LogP contribution in [-0.4, -0.2) is 35.1 Å². The van der Waals surface area contributed by atoms with Crippen molar-refractivity contribution in [3.8, 4) is 0 Å². The average Bonchev–Trinajstić information content (AvgIpc) is 2.96. The molecule has 3 heteroatoms. The topological polar surface area (TPSA) is 40.5 Å². The van der Waals surface area contributed by atoms with Gasteiger partial charge in [-0.25, -0.2) is 0 Å². The molecule has 96 valence electrons. The van der Waals surface area contributed by atoms with Gasteiger partial charge < -0.3 is 10.0 Å². The zero-order valence-corrected chi connectivity index (χ0v) is 10.6.